The molecule has 1 saturated heterocycles. The van der Waals surface area contributed by atoms with Crippen molar-refractivity contribution in [3.8, 4) is 0 Å². The van der Waals surface area contributed by atoms with E-state index in [9.17, 15) is 9.59 Å². The summed E-state index contributed by atoms with van der Waals surface area (Å²) in [7, 11) is 1.66. The van der Waals surface area contributed by atoms with Crippen molar-refractivity contribution in [1.29, 1.82) is 0 Å². The minimum atomic E-state index is -0.278. The van der Waals surface area contributed by atoms with E-state index in [2.05, 4.69) is 5.32 Å². The van der Waals surface area contributed by atoms with Crippen molar-refractivity contribution in [3.05, 3.63) is 0 Å². The maximum absolute atomic E-state index is 12.4. The fraction of sp³-hybridized carbons (Fsp3) is 0.846. The van der Waals surface area contributed by atoms with Gasteiger partial charge in [-0.1, -0.05) is 6.42 Å². The molecule has 0 aromatic heterocycles. The fourth-order valence-corrected chi connectivity index (χ4v) is 2.99. The van der Waals surface area contributed by atoms with Gasteiger partial charge in [-0.2, -0.15) is 0 Å². The minimum absolute atomic E-state index is 0.0641. The highest BCUT2D eigenvalue weighted by Gasteiger charge is 2.45. The molecule has 1 aliphatic heterocycles. The Morgan fingerprint density at radius 2 is 1.94 bits per heavy atom. The summed E-state index contributed by atoms with van der Waals surface area (Å²) in [5.41, 5.74) is 5.48. The average Bonchev–Trinajstić information content (AvgIpc) is 2.37. The van der Waals surface area contributed by atoms with Gasteiger partial charge in [0.05, 0.1) is 5.41 Å². The molecular formula is C13H23N3O2. The zero-order valence-electron chi connectivity index (χ0n) is 11.1. The van der Waals surface area contributed by atoms with Crippen molar-refractivity contribution in [1.82, 2.24) is 10.2 Å². The van der Waals surface area contributed by atoms with Gasteiger partial charge in [-0.25, -0.2) is 0 Å². The molecular weight excluding hydrogens is 230 g/mol. The minimum Gasteiger partial charge on any atom is -0.359 e. The molecule has 2 rings (SSSR count). The van der Waals surface area contributed by atoms with Gasteiger partial charge in [-0.3, -0.25) is 9.59 Å². The molecule has 1 heterocycles. The Morgan fingerprint density at radius 1 is 1.33 bits per heavy atom. The Morgan fingerprint density at radius 3 is 2.33 bits per heavy atom. The fourth-order valence-electron chi connectivity index (χ4n) is 2.99. The number of amides is 2. The van der Waals surface area contributed by atoms with E-state index in [0.29, 0.717) is 19.6 Å². The van der Waals surface area contributed by atoms with Crippen LogP contribution in [0.25, 0.3) is 0 Å². The van der Waals surface area contributed by atoms with Crippen LogP contribution in [0.5, 0.6) is 0 Å². The highest BCUT2D eigenvalue weighted by Crippen LogP contribution is 2.42. The number of hydrogen-bond donors (Lipinski definition) is 2. The number of hydrogen-bond acceptors (Lipinski definition) is 3. The van der Waals surface area contributed by atoms with Crippen LogP contribution in [0.3, 0.4) is 0 Å². The summed E-state index contributed by atoms with van der Waals surface area (Å²) >= 11 is 0. The second kappa shape index (κ2) is 5.26. The first kappa shape index (κ1) is 13.3. The lowest BCUT2D eigenvalue weighted by atomic mass is 9.67. The summed E-state index contributed by atoms with van der Waals surface area (Å²) in [4.78, 5) is 25.9. The molecule has 5 heteroatoms. The predicted octanol–water partition coefficient (Wildman–Crippen LogP) is 0.100. The third kappa shape index (κ3) is 2.23. The second-order valence-corrected chi connectivity index (χ2v) is 5.52. The first-order chi connectivity index (χ1) is 8.63. The van der Waals surface area contributed by atoms with Crippen molar-refractivity contribution < 1.29 is 9.59 Å². The third-order valence-electron chi connectivity index (χ3n) is 4.55. The molecule has 0 unspecified atom stereocenters. The summed E-state index contributed by atoms with van der Waals surface area (Å²) in [5, 5.41) is 2.68. The molecule has 1 aliphatic carbocycles. The average molecular weight is 253 g/mol. The van der Waals surface area contributed by atoms with E-state index in [1.54, 1.807) is 7.05 Å². The zero-order valence-corrected chi connectivity index (χ0v) is 11.1. The van der Waals surface area contributed by atoms with E-state index >= 15 is 0 Å². The number of carbonyl (C=O) groups is 2. The maximum atomic E-state index is 12.4. The molecule has 2 amide bonds. The Kier molecular flexibility index (Phi) is 3.90. The van der Waals surface area contributed by atoms with Crippen molar-refractivity contribution in [2.24, 2.45) is 17.1 Å². The number of nitrogens with two attached hydrogens (primary N) is 1. The maximum Gasteiger partial charge on any atom is 0.230 e. The standard InChI is InChI=1S/C13H23N3O2/c1-15-11(17)10-3-7-16(8-4-10)12(18)13(9-14)5-2-6-13/h10H,2-9,14H2,1H3,(H,15,17). The van der Waals surface area contributed by atoms with Crippen LogP contribution >= 0.6 is 0 Å². The van der Waals surface area contributed by atoms with Gasteiger partial charge in [0, 0.05) is 32.6 Å². The zero-order chi connectivity index (χ0) is 13.2. The molecule has 1 saturated carbocycles. The van der Waals surface area contributed by atoms with Gasteiger partial charge in [0.2, 0.25) is 11.8 Å². The van der Waals surface area contributed by atoms with Gasteiger partial charge in [0.25, 0.3) is 0 Å². The number of rotatable bonds is 3. The van der Waals surface area contributed by atoms with Crippen LogP contribution in [0.15, 0.2) is 0 Å². The molecule has 18 heavy (non-hydrogen) atoms. The van der Waals surface area contributed by atoms with E-state index in [0.717, 1.165) is 32.1 Å². The van der Waals surface area contributed by atoms with Crippen molar-refractivity contribution in [3.63, 3.8) is 0 Å². The molecule has 0 spiro atoms. The molecule has 102 valence electrons. The van der Waals surface area contributed by atoms with E-state index in [4.69, 9.17) is 5.73 Å². The van der Waals surface area contributed by atoms with Crippen LogP contribution in [0.4, 0.5) is 0 Å². The van der Waals surface area contributed by atoms with Gasteiger partial charge < -0.3 is 16.0 Å². The third-order valence-corrected chi connectivity index (χ3v) is 4.55. The van der Waals surface area contributed by atoms with E-state index in [1.165, 1.54) is 0 Å². The van der Waals surface area contributed by atoms with Crippen molar-refractivity contribution in [2.75, 3.05) is 26.7 Å². The Bertz CT molecular complexity index is 326. The summed E-state index contributed by atoms with van der Waals surface area (Å²) in [6, 6.07) is 0. The molecule has 0 radical (unpaired) electrons. The van der Waals surface area contributed by atoms with Gasteiger partial charge in [-0.05, 0) is 25.7 Å². The van der Waals surface area contributed by atoms with Crippen LogP contribution in [-0.4, -0.2) is 43.4 Å². The molecule has 3 N–H and O–H groups in total. The van der Waals surface area contributed by atoms with Gasteiger partial charge in [-0.15, -0.1) is 0 Å². The van der Waals surface area contributed by atoms with Gasteiger partial charge in [0.1, 0.15) is 0 Å². The van der Waals surface area contributed by atoms with Crippen LogP contribution in [0.2, 0.25) is 0 Å². The van der Waals surface area contributed by atoms with Gasteiger partial charge >= 0.3 is 0 Å². The second-order valence-electron chi connectivity index (χ2n) is 5.52. The van der Waals surface area contributed by atoms with Crippen LogP contribution in [0.1, 0.15) is 32.1 Å². The first-order valence-electron chi connectivity index (χ1n) is 6.84. The lowest BCUT2D eigenvalue weighted by Crippen LogP contribution is -2.54. The van der Waals surface area contributed by atoms with Gasteiger partial charge in [0.15, 0.2) is 0 Å². The largest absolute Gasteiger partial charge is 0.359 e. The molecule has 2 aliphatic rings. The van der Waals surface area contributed by atoms with E-state index in [-0.39, 0.29) is 23.1 Å². The topological polar surface area (TPSA) is 75.4 Å². The number of nitrogens with zero attached hydrogens (tertiary/aromatic N) is 1. The Labute approximate surface area is 108 Å². The quantitative estimate of drug-likeness (QED) is 0.749. The Balaban J connectivity index is 1.90. The van der Waals surface area contributed by atoms with E-state index < -0.39 is 0 Å². The smallest absolute Gasteiger partial charge is 0.230 e. The molecule has 0 aromatic carbocycles. The molecule has 0 atom stereocenters. The SMILES string of the molecule is CNC(=O)C1CCN(C(=O)C2(CN)CCC2)CC1. The lowest BCUT2D eigenvalue weighted by Gasteiger charge is -2.44. The lowest BCUT2D eigenvalue weighted by molar-refractivity contribution is -0.149. The first-order valence-corrected chi connectivity index (χ1v) is 6.84. The van der Waals surface area contributed by atoms with Crippen LogP contribution in [0, 0.1) is 11.3 Å². The molecule has 2 fully saturated rings. The summed E-state index contributed by atoms with van der Waals surface area (Å²) in [6.07, 6.45) is 4.51. The monoisotopic (exact) mass is 253 g/mol. The van der Waals surface area contributed by atoms with Crippen molar-refractivity contribution >= 4 is 11.8 Å². The summed E-state index contributed by atoms with van der Waals surface area (Å²) in [5.74, 6) is 0.375. The summed E-state index contributed by atoms with van der Waals surface area (Å²) in [6.45, 7) is 1.85. The van der Waals surface area contributed by atoms with Crippen LogP contribution in [-0.2, 0) is 9.59 Å². The van der Waals surface area contributed by atoms with Crippen LogP contribution < -0.4 is 11.1 Å². The summed E-state index contributed by atoms with van der Waals surface area (Å²) < 4.78 is 0. The number of carbonyl (C=O) groups excluding carboxylic acids is 2. The highest BCUT2D eigenvalue weighted by atomic mass is 16.2. The Hall–Kier alpha value is -1.10. The predicted molar refractivity (Wildman–Crippen MR) is 68.7 cm³/mol. The molecule has 0 aromatic rings. The highest BCUT2D eigenvalue weighted by molar-refractivity contribution is 5.84. The van der Waals surface area contributed by atoms with E-state index in [1.807, 2.05) is 4.90 Å². The number of piperidine rings is 1. The molecule has 5 nitrogen and oxygen atoms in total. The number of nitrogens with one attached hydrogen (secondary N) is 1. The number of likely N-dealkylation sites (tertiary alicyclic amines) is 1. The normalized spacial score (nSPS) is 23.3. The van der Waals surface area contributed by atoms with Crippen molar-refractivity contribution in [2.45, 2.75) is 32.1 Å². The molecule has 0 bridgehead atoms.